The maximum atomic E-state index is 11.2. The minimum absolute atomic E-state index is 0.0127. The number of carbonyl (C=O) groups is 1. The van der Waals surface area contributed by atoms with Crippen molar-refractivity contribution in [3.05, 3.63) is 0 Å². The number of hydrogen-bond acceptors (Lipinski definition) is 3. The highest BCUT2D eigenvalue weighted by molar-refractivity contribution is 5.76. The van der Waals surface area contributed by atoms with Crippen molar-refractivity contribution < 1.29 is 14.3 Å². The van der Waals surface area contributed by atoms with E-state index in [0.717, 1.165) is 13.0 Å². The topological polar surface area (TPSA) is 35.5 Å². The van der Waals surface area contributed by atoms with Gasteiger partial charge < -0.3 is 9.47 Å². The van der Waals surface area contributed by atoms with E-state index < -0.39 is 0 Å². The van der Waals surface area contributed by atoms with Crippen LogP contribution in [0.2, 0.25) is 0 Å². The third-order valence-corrected chi connectivity index (χ3v) is 1.96. The molecule has 1 rings (SSSR count). The Hall–Kier alpha value is -0.570. The molecular formula is C10H18O3. The van der Waals surface area contributed by atoms with Gasteiger partial charge in [-0.15, -0.1) is 0 Å². The van der Waals surface area contributed by atoms with Gasteiger partial charge in [-0.3, -0.25) is 4.79 Å². The van der Waals surface area contributed by atoms with Crippen LogP contribution in [0.4, 0.5) is 0 Å². The molecule has 0 radical (unpaired) electrons. The summed E-state index contributed by atoms with van der Waals surface area (Å²) in [5, 5.41) is 0. The molecular weight excluding hydrogens is 168 g/mol. The molecule has 2 unspecified atom stereocenters. The van der Waals surface area contributed by atoms with Crippen LogP contribution in [0, 0.1) is 11.8 Å². The van der Waals surface area contributed by atoms with E-state index in [1.165, 1.54) is 0 Å². The molecule has 0 aromatic carbocycles. The lowest BCUT2D eigenvalue weighted by atomic mass is 10.2. The predicted octanol–water partition coefficient (Wildman–Crippen LogP) is 1.61. The van der Waals surface area contributed by atoms with Gasteiger partial charge in [0, 0.05) is 6.61 Å². The molecule has 1 saturated carbocycles. The van der Waals surface area contributed by atoms with Crippen molar-refractivity contribution in [3.63, 3.8) is 0 Å². The normalized spacial score (nSPS) is 26.2. The molecule has 2 atom stereocenters. The zero-order valence-corrected chi connectivity index (χ0v) is 8.58. The first-order valence-corrected chi connectivity index (χ1v) is 4.93. The number of hydrogen-bond donors (Lipinski definition) is 0. The van der Waals surface area contributed by atoms with Crippen molar-refractivity contribution in [1.29, 1.82) is 0 Å². The van der Waals surface area contributed by atoms with Gasteiger partial charge in [-0.05, 0) is 19.3 Å². The van der Waals surface area contributed by atoms with Gasteiger partial charge in [0.05, 0.1) is 18.6 Å². The lowest BCUT2D eigenvalue weighted by Crippen LogP contribution is -2.12. The fourth-order valence-electron chi connectivity index (χ4n) is 1.17. The van der Waals surface area contributed by atoms with Gasteiger partial charge in [0.2, 0.25) is 0 Å². The predicted molar refractivity (Wildman–Crippen MR) is 49.3 cm³/mol. The Bertz CT molecular complexity index is 177. The Morgan fingerprint density at radius 1 is 1.54 bits per heavy atom. The summed E-state index contributed by atoms with van der Waals surface area (Å²) in [7, 11) is 0. The molecule has 0 N–H and O–H groups in total. The Labute approximate surface area is 79.4 Å². The Morgan fingerprint density at radius 3 is 2.77 bits per heavy atom. The highest BCUT2D eigenvalue weighted by Gasteiger charge is 2.45. The third-order valence-electron chi connectivity index (χ3n) is 1.96. The molecule has 0 spiro atoms. The number of carbonyl (C=O) groups excluding carboxylic acids is 1. The van der Waals surface area contributed by atoms with Crippen LogP contribution in [-0.2, 0) is 14.3 Å². The summed E-state index contributed by atoms with van der Waals surface area (Å²) in [6.45, 7) is 7.22. The molecule has 0 saturated heterocycles. The summed E-state index contributed by atoms with van der Waals surface area (Å²) in [4.78, 5) is 11.2. The molecule has 0 bridgehead atoms. The molecule has 0 aromatic rings. The summed E-state index contributed by atoms with van der Waals surface area (Å²) in [6, 6.07) is 0. The Kier molecular flexibility index (Phi) is 3.72. The van der Waals surface area contributed by atoms with Gasteiger partial charge in [0.25, 0.3) is 0 Å². The van der Waals surface area contributed by atoms with E-state index in [4.69, 9.17) is 9.47 Å². The number of esters is 1. The van der Waals surface area contributed by atoms with Crippen molar-refractivity contribution in [2.75, 3.05) is 13.2 Å². The average molecular weight is 186 g/mol. The summed E-state index contributed by atoms with van der Waals surface area (Å²) in [5.74, 6) is 0.443. The fraction of sp³-hybridized carbons (Fsp3) is 0.900. The van der Waals surface area contributed by atoms with E-state index in [-0.39, 0.29) is 18.0 Å². The minimum Gasteiger partial charge on any atom is -0.466 e. The second kappa shape index (κ2) is 4.61. The van der Waals surface area contributed by atoms with E-state index in [9.17, 15) is 4.79 Å². The van der Waals surface area contributed by atoms with E-state index in [1.54, 1.807) is 0 Å². The Morgan fingerprint density at radius 2 is 2.23 bits per heavy atom. The molecule has 3 nitrogen and oxygen atoms in total. The molecule has 3 heteroatoms. The fourth-order valence-corrected chi connectivity index (χ4v) is 1.17. The van der Waals surface area contributed by atoms with Gasteiger partial charge in [-0.1, -0.05) is 13.8 Å². The van der Waals surface area contributed by atoms with Gasteiger partial charge in [-0.25, -0.2) is 0 Å². The molecule has 13 heavy (non-hydrogen) atoms. The van der Waals surface area contributed by atoms with Gasteiger partial charge in [-0.2, -0.15) is 0 Å². The van der Waals surface area contributed by atoms with E-state index in [1.807, 2.05) is 6.92 Å². The van der Waals surface area contributed by atoms with E-state index >= 15 is 0 Å². The first-order chi connectivity index (χ1) is 6.15. The van der Waals surface area contributed by atoms with Crippen molar-refractivity contribution in [1.82, 2.24) is 0 Å². The quantitative estimate of drug-likeness (QED) is 0.612. The lowest BCUT2D eigenvalue weighted by Gasteiger charge is -2.05. The maximum absolute atomic E-state index is 11.2. The van der Waals surface area contributed by atoms with Crippen LogP contribution in [-0.4, -0.2) is 25.3 Å². The van der Waals surface area contributed by atoms with Crippen LogP contribution in [0.25, 0.3) is 0 Å². The third kappa shape index (κ3) is 3.35. The minimum atomic E-state index is -0.101. The van der Waals surface area contributed by atoms with Gasteiger partial charge in [0.1, 0.15) is 0 Å². The van der Waals surface area contributed by atoms with Crippen LogP contribution in [0.3, 0.4) is 0 Å². The average Bonchev–Trinajstić information content (AvgIpc) is 2.80. The monoisotopic (exact) mass is 186 g/mol. The van der Waals surface area contributed by atoms with E-state index in [2.05, 4.69) is 13.8 Å². The molecule has 0 aliphatic heterocycles. The lowest BCUT2D eigenvalue weighted by molar-refractivity contribution is -0.145. The van der Waals surface area contributed by atoms with Crippen LogP contribution in [0.15, 0.2) is 0 Å². The SMILES string of the molecule is CCOC(=O)C1CC1OCC(C)C. The van der Waals surface area contributed by atoms with Crippen molar-refractivity contribution >= 4 is 5.97 Å². The Balaban J connectivity index is 2.11. The standard InChI is InChI=1S/C10H18O3/c1-4-12-10(11)8-5-9(8)13-6-7(2)3/h7-9H,4-6H2,1-3H3. The molecule has 1 aliphatic rings. The first kappa shape index (κ1) is 10.5. The molecule has 0 heterocycles. The molecule has 0 aromatic heterocycles. The molecule has 76 valence electrons. The highest BCUT2D eigenvalue weighted by Crippen LogP contribution is 2.35. The number of ether oxygens (including phenoxy) is 2. The first-order valence-electron chi connectivity index (χ1n) is 4.93. The highest BCUT2D eigenvalue weighted by atomic mass is 16.5. The largest absolute Gasteiger partial charge is 0.466 e. The molecule has 1 aliphatic carbocycles. The number of rotatable bonds is 5. The van der Waals surface area contributed by atoms with Crippen molar-refractivity contribution in [2.24, 2.45) is 11.8 Å². The van der Waals surface area contributed by atoms with Crippen molar-refractivity contribution in [2.45, 2.75) is 33.3 Å². The second-order valence-corrected chi connectivity index (χ2v) is 3.86. The van der Waals surface area contributed by atoms with Crippen LogP contribution < -0.4 is 0 Å². The van der Waals surface area contributed by atoms with Crippen molar-refractivity contribution in [3.8, 4) is 0 Å². The molecule has 0 amide bonds. The summed E-state index contributed by atoms with van der Waals surface area (Å²) >= 11 is 0. The zero-order chi connectivity index (χ0) is 9.84. The maximum Gasteiger partial charge on any atom is 0.311 e. The van der Waals surface area contributed by atoms with Crippen LogP contribution >= 0.6 is 0 Å². The summed E-state index contributed by atoms with van der Waals surface area (Å²) in [5.41, 5.74) is 0. The zero-order valence-electron chi connectivity index (χ0n) is 8.58. The second-order valence-electron chi connectivity index (χ2n) is 3.86. The van der Waals surface area contributed by atoms with Gasteiger partial charge >= 0.3 is 5.97 Å². The van der Waals surface area contributed by atoms with Crippen LogP contribution in [0.1, 0.15) is 27.2 Å². The summed E-state index contributed by atoms with van der Waals surface area (Å²) < 4.78 is 10.4. The van der Waals surface area contributed by atoms with Gasteiger partial charge in [0.15, 0.2) is 0 Å². The van der Waals surface area contributed by atoms with E-state index in [0.29, 0.717) is 12.5 Å². The molecule has 1 fully saturated rings. The summed E-state index contributed by atoms with van der Waals surface area (Å²) in [6.07, 6.45) is 0.965. The smallest absolute Gasteiger partial charge is 0.311 e. The van der Waals surface area contributed by atoms with Crippen LogP contribution in [0.5, 0.6) is 0 Å².